The van der Waals surface area contributed by atoms with Crippen LogP contribution in [0.25, 0.3) is 0 Å². The maximum absolute atomic E-state index is 12.0. The molecule has 6 heteroatoms. The summed E-state index contributed by atoms with van der Waals surface area (Å²) in [5.41, 5.74) is 5.71. The SMILES string of the molecule is NC1CC1C(=O)N1CCN(c2nccs2)CC1. The number of carbonyl (C=O) groups is 1. The van der Waals surface area contributed by atoms with Gasteiger partial charge in [-0.1, -0.05) is 0 Å². The molecular weight excluding hydrogens is 236 g/mol. The van der Waals surface area contributed by atoms with Crippen molar-refractivity contribution >= 4 is 22.4 Å². The number of nitrogens with two attached hydrogens (primary N) is 1. The van der Waals surface area contributed by atoms with Crippen molar-refractivity contribution in [2.24, 2.45) is 11.7 Å². The first-order valence-electron chi connectivity index (χ1n) is 5.94. The lowest BCUT2D eigenvalue weighted by molar-refractivity contribution is -0.132. The van der Waals surface area contributed by atoms with Crippen LogP contribution in [0.3, 0.4) is 0 Å². The molecule has 2 atom stereocenters. The lowest BCUT2D eigenvalue weighted by atomic mass is 10.2. The molecule has 1 aliphatic heterocycles. The Bertz CT molecular complexity index is 400. The van der Waals surface area contributed by atoms with Gasteiger partial charge >= 0.3 is 0 Å². The highest BCUT2D eigenvalue weighted by Gasteiger charge is 2.42. The van der Waals surface area contributed by atoms with Crippen LogP contribution in [0, 0.1) is 5.92 Å². The highest BCUT2D eigenvalue weighted by atomic mass is 32.1. The molecule has 1 saturated carbocycles. The topological polar surface area (TPSA) is 62.5 Å². The molecule has 1 aromatic heterocycles. The number of hydrogen-bond acceptors (Lipinski definition) is 5. The number of aromatic nitrogens is 1. The van der Waals surface area contributed by atoms with Crippen LogP contribution in [0.15, 0.2) is 11.6 Å². The van der Waals surface area contributed by atoms with E-state index in [-0.39, 0.29) is 17.9 Å². The Kier molecular flexibility index (Phi) is 2.76. The highest BCUT2D eigenvalue weighted by Crippen LogP contribution is 2.30. The fraction of sp³-hybridized carbons (Fsp3) is 0.636. The van der Waals surface area contributed by atoms with Gasteiger partial charge in [0.15, 0.2) is 5.13 Å². The summed E-state index contributed by atoms with van der Waals surface area (Å²) in [4.78, 5) is 20.5. The van der Waals surface area contributed by atoms with E-state index in [9.17, 15) is 4.79 Å². The summed E-state index contributed by atoms with van der Waals surface area (Å²) in [7, 11) is 0. The lowest BCUT2D eigenvalue weighted by Crippen LogP contribution is -2.49. The number of amides is 1. The Morgan fingerprint density at radius 2 is 2.12 bits per heavy atom. The van der Waals surface area contributed by atoms with E-state index in [0.29, 0.717) is 0 Å². The van der Waals surface area contributed by atoms with Gasteiger partial charge in [-0.25, -0.2) is 4.98 Å². The number of carbonyl (C=O) groups excluding carboxylic acids is 1. The first-order valence-corrected chi connectivity index (χ1v) is 6.82. The first-order chi connectivity index (χ1) is 8.25. The van der Waals surface area contributed by atoms with E-state index >= 15 is 0 Å². The molecule has 1 amide bonds. The standard InChI is InChI=1S/C11H16N4OS/c12-9-7-8(9)10(16)14-2-4-15(5-3-14)11-13-1-6-17-11/h1,6,8-9H,2-5,7,12H2. The predicted octanol–water partition coefficient (Wildman–Crippen LogP) is 0.139. The Morgan fingerprint density at radius 3 is 2.65 bits per heavy atom. The number of rotatable bonds is 2. The number of hydrogen-bond donors (Lipinski definition) is 1. The minimum Gasteiger partial charge on any atom is -0.345 e. The molecule has 2 heterocycles. The molecule has 2 unspecified atom stereocenters. The van der Waals surface area contributed by atoms with Gasteiger partial charge in [0.05, 0.1) is 5.92 Å². The molecule has 3 rings (SSSR count). The van der Waals surface area contributed by atoms with Gasteiger partial charge in [0, 0.05) is 43.8 Å². The van der Waals surface area contributed by atoms with Crippen LogP contribution in [0.2, 0.25) is 0 Å². The van der Waals surface area contributed by atoms with Crippen LogP contribution in [0.4, 0.5) is 5.13 Å². The Hall–Kier alpha value is -1.14. The molecule has 2 fully saturated rings. The average Bonchev–Trinajstić information content (AvgIpc) is 2.88. The van der Waals surface area contributed by atoms with Crippen LogP contribution in [0.1, 0.15) is 6.42 Å². The molecule has 1 aromatic rings. The Morgan fingerprint density at radius 1 is 1.41 bits per heavy atom. The molecule has 1 aliphatic carbocycles. The average molecular weight is 252 g/mol. The lowest BCUT2D eigenvalue weighted by Gasteiger charge is -2.34. The van der Waals surface area contributed by atoms with Crippen molar-refractivity contribution in [1.29, 1.82) is 0 Å². The fourth-order valence-electron chi connectivity index (χ4n) is 2.22. The third-order valence-corrected chi connectivity index (χ3v) is 4.27. The van der Waals surface area contributed by atoms with E-state index in [1.54, 1.807) is 11.3 Å². The van der Waals surface area contributed by atoms with Gasteiger partial charge in [-0.15, -0.1) is 11.3 Å². The largest absolute Gasteiger partial charge is 0.345 e. The van der Waals surface area contributed by atoms with Crippen molar-refractivity contribution in [3.63, 3.8) is 0 Å². The van der Waals surface area contributed by atoms with E-state index in [1.807, 2.05) is 16.5 Å². The van der Waals surface area contributed by atoms with Crippen molar-refractivity contribution in [2.75, 3.05) is 31.1 Å². The van der Waals surface area contributed by atoms with Gasteiger partial charge in [0.1, 0.15) is 0 Å². The smallest absolute Gasteiger partial charge is 0.227 e. The second-order valence-corrected chi connectivity index (χ2v) is 5.51. The monoisotopic (exact) mass is 252 g/mol. The second-order valence-electron chi connectivity index (χ2n) is 4.63. The zero-order chi connectivity index (χ0) is 11.8. The van der Waals surface area contributed by atoms with E-state index in [1.165, 1.54) is 0 Å². The highest BCUT2D eigenvalue weighted by molar-refractivity contribution is 7.13. The summed E-state index contributed by atoms with van der Waals surface area (Å²) < 4.78 is 0. The van der Waals surface area contributed by atoms with Crippen molar-refractivity contribution in [3.8, 4) is 0 Å². The quantitative estimate of drug-likeness (QED) is 0.813. The molecule has 2 N–H and O–H groups in total. The zero-order valence-corrected chi connectivity index (χ0v) is 10.4. The normalized spacial score (nSPS) is 28.3. The molecular formula is C11H16N4OS. The van der Waals surface area contributed by atoms with Gasteiger partial charge in [0.25, 0.3) is 0 Å². The van der Waals surface area contributed by atoms with Crippen molar-refractivity contribution in [3.05, 3.63) is 11.6 Å². The first kappa shape index (κ1) is 11.0. The molecule has 5 nitrogen and oxygen atoms in total. The predicted molar refractivity (Wildman–Crippen MR) is 67.0 cm³/mol. The van der Waals surface area contributed by atoms with Crippen molar-refractivity contribution in [1.82, 2.24) is 9.88 Å². The van der Waals surface area contributed by atoms with Gasteiger partial charge in [0.2, 0.25) is 5.91 Å². The van der Waals surface area contributed by atoms with Crippen LogP contribution >= 0.6 is 11.3 Å². The number of nitrogens with zero attached hydrogens (tertiary/aromatic N) is 3. The second kappa shape index (κ2) is 4.27. The summed E-state index contributed by atoms with van der Waals surface area (Å²) in [5, 5.41) is 3.04. The fourth-order valence-corrected chi connectivity index (χ4v) is 2.92. The summed E-state index contributed by atoms with van der Waals surface area (Å²) in [5.74, 6) is 0.345. The van der Waals surface area contributed by atoms with Crippen LogP contribution in [-0.2, 0) is 4.79 Å². The number of piperazine rings is 1. The minimum absolute atomic E-state index is 0.0985. The maximum atomic E-state index is 12.0. The molecule has 0 radical (unpaired) electrons. The third kappa shape index (κ3) is 2.14. The van der Waals surface area contributed by atoms with Crippen molar-refractivity contribution in [2.45, 2.75) is 12.5 Å². The molecule has 2 aliphatic rings. The molecule has 0 spiro atoms. The minimum atomic E-state index is 0.0985. The van der Waals surface area contributed by atoms with E-state index in [2.05, 4.69) is 9.88 Å². The summed E-state index contributed by atoms with van der Waals surface area (Å²) in [6, 6.07) is 0.111. The number of thiazole rings is 1. The number of anilines is 1. The Labute approximate surface area is 104 Å². The Balaban J connectivity index is 1.55. The summed E-state index contributed by atoms with van der Waals surface area (Å²) in [6.07, 6.45) is 2.69. The molecule has 1 saturated heterocycles. The van der Waals surface area contributed by atoms with E-state index in [4.69, 9.17) is 5.73 Å². The van der Waals surface area contributed by atoms with E-state index in [0.717, 1.165) is 37.7 Å². The summed E-state index contributed by atoms with van der Waals surface area (Å²) >= 11 is 1.65. The molecule has 92 valence electrons. The van der Waals surface area contributed by atoms with E-state index < -0.39 is 0 Å². The molecule has 0 aromatic carbocycles. The van der Waals surface area contributed by atoms with Crippen LogP contribution in [0.5, 0.6) is 0 Å². The third-order valence-electron chi connectivity index (χ3n) is 3.44. The van der Waals surface area contributed by atoms with Crippen LogP contribution in [-0.4, -0.2) is 48.0 Å². The van der Waals surface area contributed by atoms with Crippen LogP contribution < -0.4 is 10.6 Å². The summed E-state index contributed by atoms with van der Waals surface area (Å²) in [6.45, 7) is 3.34. The molecule has 0 bridgehead atoms. The van der Waals surface area contributed by atoms with Gasteiger partial charge in [-0.05, 0) is 6.42 Å². The van der Waals surface area contributed by atoms with Gasteiger partial charge in [-0.3, -0.25) is 4.79 Å². The van der Waals surface area contributed by atoms with Crippen molar-refractivity contribution < 1.29 is 4.79 Å². The molecule has 17 heavy (non-hydrogen) atoms. The van der Waals surface area contributed by atoms with Gasteiger partial charge in [-0.2, -0.15) is 0 Å². The zero-order valence-electron chi connectivity index (χ0n) is 9.58. The van der Waals surface area contributed by atoms with Gasteiger partial charge < -0.3 is 15.5 Å². The maximum Gasteiger partial charge on any atom is 0.227 e.